The summed E-state index contributed by atoms with van der Waals surface area (Å²) in [5.74, 6) is -3.26. The van der Waals surface area contributed by atoms with Crippen molar-refractivity contribution >= 4 is 29.7 Å². The first kappa shape index (κ1) is 22.8. The number of benzene rings is 1. The molecule has 0 fully saturated rings. The second-order valence-electron chi connectivity index (χ2n) is 6.80. The van der Waals surface area contributed by atoms with Crippen LogP contribution in [0.4, 0.5) is 0 Å². The van der Waals surface area contributed by atoms with Crippen LogP contribution in [0.15, 0.2) is 30.9 Å². The first-order chi connectivity index (χ1) is 14.2. The summed E-state index contributed by atoms with van der Waals surface area (Å²) in [6.45, 7) is 6.60. The van der Waals surface area contributed by atoms with E-state index in [0.717, 1.165) is 4.90 Å². The molecule has 3 amide bonds. The van der Waals surface area contributed by atoms with Gasteiger partial charge in [0.15, 0.2) is 6.61 Å². The molecule has 2 atom stereocenters. The molecule has 9 nitrogen and oxygen atoms in total. The van der Waals surface area contributed by atoms with Gasteiger partial charge in [0.25, 0.3) is 17.7 Å². The number of carbonyl (C=O) groups excluding carboxylic acids is 5. The molecular formula is C21H24N2O7. The summed E-state index contributed by atoms with van der Waals surface area (Å²) in [7, 11) is 1.22. The zero-order chi connectivity index (χ0) is 22.4. The minimum absolute atomic E-state index is 0.0228. The van der Waals surface area contributed by atoms with Gasteiger partial charge in [-0.25, -0.2) is 9.59 Å². The number of hydrogen-bond acceptors (Lipinski definition) is 7. The molecular weight excluding hydrogens is 392 g/mol. The number of carbonyl (C=O) groups is 5. The molecule has 0 saturated carbocycles. The van der Waals surface area contributed by atoms with Gasteiger partial charge >= 0.3 is 11.9 Å². The fourth-order valence-corrected chi connectivity index (χ4v) is 2.94. The lowest BCUT2D eigenvalue weighted by Gasteiger charge is -2.21. The second kappa shape index (κ2) is 9.82. The molecule has 1 aromatic rings. The predicted molar refractivity (Wildman–Crippen MR) is 106 cm³/mol. The van der Waals surface area contributed by atoms with Gasteiger partial charge in [0.05, 0.1) is 23.8 Å². The van der Waals surface area contributed by atoms with Gasteiger partial charge < -0.3 is 14.8 Å². The average Bonchev–Trinajstić information content (AvgIpc) is 2.99. The molecule has 0 aromatic heterocycles. The zero-order valence-electron chi connectivity index (χ0n) is 17.1. The molecule has 0 unspecified atom stereocenters. The maximum absolute atomic E-state index is 12.3. The molecule has 0 aliphatic carbocycles. The van der Waals surface area contributed by atoms with Gasteiger partial charge in [-0.1, -0.05) is 26.3 Å². The molecule has 30 heavy (non-hydrogen) atoms. The monoisotopic (exact) mass is 416 g/mol. The second-order valence-corrected chi connectivity index (χ2v) is 6.80. The summed E-state index contributed by atoms with van der Waals surface area (Å²) >= 11 is 0. The lowest BCUT2D eigenvalue weighted by atomic mass is 9.99. The molecule has 0 spiro atoms. The molecule has 9 heteroatoms. The smallest absolute Gasteiger partial charge is 0.338 e. The molecule has 0 bridgehead atoms. The number of methoxy groups -OCH3 is 1. The molecule has 1 heterocycles. The standard InChI is InChI=1S/C21H24N2O7/c1-5-9-23-18(25)14-8-7-13(10-15(14)19(23)26)20(27)30-11-16(24)22-17(12(3)6-2)21(28)29-4/h5,7-8,10,12,17H,1,6,9,11H2,2-4H3,(H,22,24)/t12-,17-/m1/s1. The SMILES string of the molecule is C=CCN1C(=O)c2ccc(C(=O)OCC(=O)N[C@@H](C(=O)OC)[C@H](C)CC)cc2C1=O. The van der Waals surface area contributed by atoms with Gasteiger partial charge in [-0.2, -0.15) is 0 Å². The van der Waals surface area contributed by atoms with E-state index in [9.17, 15) is 24.0 Å². The molecule has 2 rings (SSSR count). The van der Waals surface area contributed by atoms with Crippen molar-refractivity contribution in [3.63, 3.8) is 0 Å². The van der Waals surface area contributed by atoms with Gasteiger partial charge in [0.2, 0.25) is 0 Å². The normalized spacial score (nSPS) is 14.6. The van der Waals surface area contributed by atoms with E-state index in [2.05, 4.69) is 16.6 Å². The maximum atomic E-state index is 12.3. The first-order valence-corrected chi connectivity index (χ1v) is 9.40. The van der Waals surface area contributed by atoms with E-state index < -0.39 is 42.3 Å². The number of nitrogens with zero attached hydrogens (tertiary/aromatic N) is 1. The number of ether oxygens (including phenoxy) is 2. The van der Waals surface area contributed by atoms with Crippen LogP contribution < -0.4 is 5.32 Å². The number of fused-ring (bicyclic) bond motifs is 1. The Labute approximate surface area is 174 Å². The quantitative estimate of drug-likeness (QED) is 0.366. The zero-order valence-corrected chi connectivity index (χ0v) is 17.1. The van der Waals surface area contributed by atoms with Gasteiger partial charge in [0, 0.05) is 6.54 Å². The highest BCUT2D eigenvalue weighted by Gasteiger charge is 2.35. The van der Waals surface area contributed by atoms with Crippen LogP contribution in [0.2, 0.25) is 0 Å². The number of hydrogen-bond donors (Lipinski definition) is 1. The Kier molecular flexibility index (Phi) is 7.46. The van der Waals surface area contributed by atoms with Crippen LogP contribution in [-0.2, 0) is 19.1 Å². The summed E-state index contributed by atoms with van der Waals surface area (Å²) in [6, 6.07) is 3.12. The van der Waals surface area contributed by atoms with Crippen LogP contribution in [0.25, 0.3) is 0 Å². The van der Waals surface area contributed by atoms with Gasteiger partial charge in [0.1, 0.15) is 6.04 Å². The molecule has 1 aromatic carbocycles. The Morgan fingerprint density at radius 2 is 1.87 bits per heavy atom. The van der Waals surface area contributed by atoms with Crippen molar-refractivity contribution in [2.75, 3.05) is 20.3 Å². The lowest BCUT2D eigenvalue weighted by Crippen LogP contribution is -2.47. The highest BCUT2D eigenvalue weighted by molar-refractivity contribution is 6.22. The summed E-state index contributed by atoms with van der Waals surface area (Å²) in [6.07, 6.45) is 2.06. The Balaban J connectivity index is 2.03. The Morgan fingerprint density at radius 1 is 1.20 bits per heavy atom. The summed E-state index contributed by atoms with van der Waals surface area (Å²) in [4.78, 5) is 61.8. The fourth-order valence-electron chi connectivity index (χ4n) is 2.94. The molecule has 1 N–H and O–H groups in total. The minimum atomic E-state index is -0.856. The van der Waals surface area contributed by atoms with Crippen LogP contribution in [-0.4, -0.2) is 60.9 Å². The lowest BCUT2D eigenvalue weighted by molar-refractivity contribution is -0.147. The Morgan fingerprint density at radius 3 is 2.47 bits per heavy atom. The van der Waals surface area contributed by atoms with Crippen molar-refractivity contribution < 1.29 is 33.4 Å². The topological polar surface area (TPSA) is 119 Å². The van der Waals surface area contributed by atoms with Crippen molar-refractivity contribution in [2.45, 2.75) is 26.3 Å². The summed E-state index contributed by atoms with van der Waals surface area (Å²) in [5.41, 5.74) is 0.295. The molecule has 0 radical (unpaired) electrons. The van der Waals surface area contributed by atoms with Crippen LogP contribution >= 0.6 is 0 Å². The van der Waals surface area contributed by atoms with Gasteiger partial charge in [-0.15, -0.1) is 6.58 Å². The minimum Gasteiger partial charge on any atom is -0.467 e. The van der Waals surface area contributed by atoms with Crippen LogP contribution in [0, 0.1) is 5.92 Å². The molecule has 1 aliphatic rings. The number of nitrogens with one attached hydrogen (secondary N) is 1. The number of esters is 2. The van der Waals surface area contributed by atoms with Crippen molar-refractivity contribution in [3.8, 4) is 0 Å². The van der Waals surface area contributed by atoms with E-state index in [1.54, 1.807) is 6.92 Å². The largest absolute Gasteiger partial charge is 0.467 e. The van der Waals surface area contributed by atoms with E-state index in [-0.39, 0.29) is 29.2 Å². The molecule has 1 aliphatic heterocycles. The third-order valence-electron chi connectivity index (χ3n) is 4.84. The Hall–Kier alpha value is -3.49. The van der Waals surface area contributed by atoms with E-state index in [4.69, 9.17) is 4.74 Å². The van der Waals surface area contributed by atoms with Crippen molar-refractivity contribution in [2.24, 2.45) is 5.92 Å². The average molecular weight is 416 g/mol. The van der Waals surface area contributed by atoms with Crippen LogP contribution in [0.1, 0.15) is 51.3 Å². The highest BCUT2D eigenvalue weighted by atomic mass is 16.5. The van der Waals surface area contributed by atoms with Gasteiger partial charge in [-0.3, -0.25) is 19.3 Å². The molecule has 160 valence electrons. The van der Waals surface area contributed by atoms with E-state index >= 15 is 0 Å². The number of imide groups is 1. The van der Waals surface area contributed by atoms with E-state index in [1.165, 1.54) is 31.4 Å². The van der Waals surface area contributed by atoms with Crippen molar-refractivity contribution in [3.05, 3.63) is 47.5 Å². The van der Waals surface area contributed by atoms with Crippen molar-refractivity contribution in [1.82, 2.24) is 10.2 Å². The summed E-state index contributed by atoms with van der Waals surface area (Å²) in [5, 5.41) is 2.49. The third kappa shape index (κ3) is 4.73. The van der Waals surface area contributed by atoms with E-state index in [1.807, 2.05) is 6.92 Å². The molecule has 0 saturated heterocycles. The van der Waals surface area contributed by atoms with Crippen LogP contribution in [0.5, 0.6) is 0 Å². The predicted octanol–water partition coefficient (Wildman–Crippen LogP) is 1.33. The van der Waals surface area contributed by atoms with E-state index in [0.29, 0.717) is 6.42 Å². The fraction of sp³-hybridized carbons (Fsp3) is 0.381. The van der Waals surface area contributed by atoms with Gasteiger partial charge in [-0.05, 0) is 24.1 Å². The summed E-state index contributed by atoms with van der Waals surface area (Å²) < 4.78 is 9.67. The highest BCUT2D eigenvalue weighted by Crippen LogP contribution is 2.24. The Bertz CT molecular complexity index is 893. The number of amides is 3. The van der Waals surface area contributed by atoms with Crippen molar-refractivity contribution in [1.29, 1.82) is 0 Å². The van der Waals surface area contributed by atoms with Crippen LogP contribution in [0.3, 0.4) is 0 Å². The first-order valence-electron chi connectivity index (χ1n) is 9.40. The number of rotatable bonds is 9. The third-order valence-corrected chi connectivity index (χ3v) is 4.84. The maximum Gasteiger partial charge on any atom is 0.338 e.